The van der Waals surface area contributed by atoms with Gasteiger partial charge in [-0.15, -0.1) is 0 Å². The molecule has 1 saturated heterocycles. The van der Waals surface area contributed by atoms with Crippen molar-refractivity contribution in [2.45, 2.75) is 57.0 Å². The second-order valence-corrected chi connectivity index (χ2v) is 9.18. The number of rotatable bonds is 7. The van der Waals surface area contributed by atoms with E-state index in [4.69, 9.17) is 10.7 Å². The Kier molecular flexibility index (Phi) is 7.00. The Hall–Kier alpha value is -2.59. The average molecular weight is 438 g/mol. The first-order chi connectivity index (χ1) is 15.4. The zero-order valence-electron chi connectivity index (χ0n) is 18.9. The number of anilines is 1. The zero-order valence-corrected chi connectivity index (χ0v) is 18.9. The Morgan fingerprint density at radius 1 is 1.28 bits per heavy atom. The number of nitrogens with zero attached hydrogens (tertiary/aromatic N) is 5. The number of pyridine rings is 2. The van der Waals surface area contributed by atoms with Crippen molar-refractivity contribution in [2.75, 3.05) is 25.6 Å². The SMILES string of the molecule is CN1CCC(N=CC(=CN)c2cnc3ccc(NN([O-])NC4(C)CCCC4)nc3c2)CC1. The number of aromatic nitrogens is 2. The minimum Gasteiger partial charge on any atom is -0.753 e. The summed E-state index contributed by atoms with van der Waals surface area (Å²) in [6.45, 7) is 4.20. The molecule has 9 nitrogen and oxygen atoms in total. The second kappa shape index (κ2) is 9.91. The summed E-state index contributed by atoms with van der Waals surface area (Å²) in [7, 11) is 2.14. The number of likely N-dealkylation sites (tertiary alicyclic amines) is 1. The highest BCUT2D eigenvalue weighted by molar-refractivity contribution is 6.10. The Labute approximate surface area is 189 Å². The highest BCUT2D eigenvalue weighted by Crippen LogP contribution is 2.29. The van der Waals surface area contributed by atoms with Crippen molar-refractivity contribution in [3.63, 3.8) is 0 Å². The fraction of sp³-hybridized carbons (Fsp3) is 0.522. The lowest BCUT2D eigenvalue weighted by molar-refractivity contribution is 0.195. The third-order valence-electron chi connectivity index (χ3n) is 6.46. The number of allylic oxidation sites excluding steroid dienone is 1. The van der Waals surface area contributed by atoms with Gasteiger partial charge in [-0.3, -0.25) is 9.98 Å². The van der Waals surface area contributed by atoms with Crippen molar-refractivity contribution < 1.29 is 0 Å². The van der Waals surface area contributed by atoms with E-state index in [1.165, 1.54) is 0 Å². The summed E-state index contributed by atoms with van der Waals surface area (Å²) in [4.78, 5) is 16.1. The predicted octanol–water partition coefficient (Wildman–Crippen LogP) is 3.06. The largest absolute Gasteiger partial charge is 0.753 e. The molecule has 3 heterocycles. The first-order valence-electron chi connectivity index (χ1n) is 11.4. The predicted molar refractivity (Wildman–Crippen MR) is 130 cm³/mol. The first-order valence-corrected chi connectivity index (χ1v) is 11.4. The lowest BCUT2D eigenvalue weighted by atomic mass is 10.0. The standard InChI is InChI=1S/C23H33N8O/c1-23(9-3-4-10-23)29-31(32)28-22-6-5-20-21(27-22)13-17(15-26-20)18(14-24)16-25-19-7-11-30(2)12-8-19/h5-6,13-16,19,29H,3-4,7-12,24H2,1-2H3,(H,27,28)/q-1. The molecule has 1 aliphatic heterocycles. The van der Waals surface area contributed by atoms with E-state index >= 15 is 0 Å². The van der Waals surface area contributed by atoms with Crippen molar-refractivity contribution in [3.8, 4) is 0 Å². The molecule has 32 heavy (non-hydrogen) atoms. The number of aliphatic imine (C=N–C) groups is 1. The highest BCUT2D eigenvalue weighted by Gasteiger charge is 2.28. The van der Waals surface area contributed by atoms with Crippen LogP contribution in [0.1, 0.15) is 51.0 Å². The molecule has 2 fully saturated rings. The molecule has 0 radical (unpaired) electrons. The molecule has 4 rings (SSSR count). The fourth-order valence-electron chi connectivity index (χ4n) is 4.41. The summed E-state index contributed by atoms with van der Waals surface area (Å²) < 4.78 is 0. The molecular weight excluding hydrogens is 404 g/mol. The van der Waals surface area contributed by atoms with Crippen LogP contribution in [0.15, 0.2) is 35.6 Å². The van der Waals surface area contributed by atoms with Gasteiger partial charge in [0.1, 0.15) is 5.82 Å². The molecule has 9 heteroatoms. The van der Waals surface area contributed by atoms with Gasteiger partial charge in [-0.2, -0.15) is 0 Å². The molecule has 2 aromatic rings. The van der Waals surface area contributed by atoms with Crippen LogP contribution in [0.3, 0.4) is 0 Å². The lowest BCUT2D eigenvalue weighted by Gasteiger charge is -2.38. The van der Waals surface area contributed by atoms with Crippen molar-refractivity contribution >= 4 is 28.6 Å². The summed E-state index contributed by atoms with van der Waals surface area (Å²) in [5, 5.41) is 13.0. The molecule has 0 aromatic carbocycles. The van der Waals surface area contributed by atoms with E-state index < -0.39 is 0 Å². The molecule has 0 amide bonds. The number of nitrogens with two attached hydrogens (primary N) is 1. The van der Waals surface area contributed by atoms with Gasteiger partial charge in [-0.1, -0.05) is 12.8 Å². The van der Waals surface area contributed by atoms with Crippen LogP contribution in [0.5, 0.6) is 0 Å². The first kappa shape index (κ1) is 22.6. The average Bonchev–Trinajstić information content (AvgIpc) is 3.20. The van der Waals surface area contributed by atoms with Gasteiger partial charge in [0.15, 0.2) is 0 Å². The van der Waals surface area contributed by atoms with Gasteiger partial charge in [-0.05, 0) is 70.9 Å². The van der Waals surface area contributed by atoms with Crippen molar-refractivity contribution in [1.29, 1.82) is 0 Å². The molecular formula is C23H33N8O-. The fourth-order valence-corrected chi connectivity index (χ4v) is 4.41. The maximum atomic E-state index is 12.4. The van der Waals surface area contributed by atoms with Crippen molar-refractivity contribution in [3.05, 3.63) is 41.4 Å². The van der Waals surface area contributed by atoms with E-state index in [1.807, 2.05) is 18.3 Å². The van der Waals surface area contributed by atoms with E-state index in [0.29, 0.717) is 22.7 Å². The molecule has 2 aliphatic rings. The molecule has 1 aliphatic carbocycles. The van der Waals surface area contributed by atoms with Crippen LogP contribution in [0, 0.1) is 5.21 Å². The summed E-state index contributed by atoms with van der Waals surface area (Å²) in [5.74, 6) is 0.457. The van der Waals surface area contributed by atoms with E-state index in [2.05, 4.69) is 39.7 Å². The Balaban J connectivity index is 1.46. The number of fused-ring (bicyclic) bond motifs is 1. The summed E-state index contributed by atoms with van der Waals surface area (Å²) in [6.07, 6.45) is 11.5. The summed E-state index contributed by atoms with van der Waals surface area (Å²) in [5.41, 5.74) is 14.6. The maximum absolute atomic E-state index is 12.4. The quantitative estimate of drug-likeness (QED) is 0.447. The molecule has 0 bridgehead atoms. The van der Waals surface area contributed by atoms with Crippen LogP contribution in [0.4, 0.5) is 5.82 Å². The van der Waals surface area contributed by atoms with Gasteiger partial charge in [0, 0.05) is 35.3 Å². The zero-order chi connectivity index (χ0) is 22.6. The number of hydrogen-bond acceptors (Lipinski definition) is 9. The Morgan fingerprint density at radius 2 is 2.03 bits per heavy atom. The molecule has 1 saturated carbocycles. The lowest BCUT2D eigenvalue weighted by Crippen LogP contribution is -2.50. The molecule has 172 valence electrons. The van der Waals surface area contributed by atoms with E-state index in [-0.39, 0.29) is 5.54 Å². The van der Waals surface area contributed by atoms with Crippen LogP contribution < -0.4 is 16.6 Å². The van der Waals surface area contributed by atoms with E-state index in [0.717, 1.165) is 68.3 Å². The number of piperidine rings is 1. The Morgan fingerprint density at radius 3 is 2.75 bits per heavy atom. The molecule has 2 aromatic heterocycles. The number of hydrazine groups is 2. The monoisotopic (exact) mass is 437 g/mol. The summed E-state index contributed by atoms with van der Waals surface area (Å²) in [6, 6.07) is 5.84. The van der Waals surface area contributed by atoms with Gasteiger partial charge in [-0.25, -0.2) is 15.7 Å². The van der Waals surface area contributed by atoms with Gasteiger partial charge in [0.2, 0.25) is 0 Å². The van der Waals surface area contributed by atoms with Crippen LogP contribution in [-0.4, -0.2) is 58.1 Å². The third-order valence-corrected chi connectivity index (χ3v) is 6.46. The highest BCUT2D eigenvalue weighted by atomic mass is 16.6. The van der Waals surface area contributed by atoms with Crippen molar-refractivity contribution in [2.24, 2.45) is 10.7 Å². The van der Waals surface area contributed by atoms with Gasteiger partial charge < -0.3 is 21.3 Å². The minimum absolute atomic E-state index is 0.172. The smallest absolute Gasteiger partial charge is 0.141 e. The number of hydrogen-bond donors (Lipinski definition) is 3. The minimum atomic E-state index is -0.172. The third kappa shape index (κ3) is 5.60. The molecule has 4 N–H and O–H groups in total. The van der Waals surface area contributed by atoms with E-state index in [1.54, 1.807) is 18.5 Å². The Bertz CT molecular complexity index is 977. The topological polar surface area (TPSA) is 118 Å². The van der Waals surface area contributed by atoms with Crippen LogP contribution >= 0.6 is 0 Å². The summed E-state index contributed by atoms with van der Waals surface area (Å²) >= 11 is 0. The normalized spacial score (nSPS) is 20.6. The maximum Gasteiger partial charge on any atom is 0.141 e. The van der Waals surface area contributed by atoms with Gasteiger partial charge >= 0.3 is 0 Å². The second-order valence-electron chi connectivity index (χ2n) is 9.18. The molecule has 0 spiro atoms. The van der Waals surface area contributed by atoms with Gasteiger partial charge in [0.05, 0.1) is 17.1 Å². The molecule has 0 unspecified atom stereocenters. The van der Waals surface area contributed by atoms with Crippen LogP contribution in [0.2, 0.25) is 0 Å². The van der Waals surface area contributed by atoms with Crippen LogP contribution in [-0.2, 0) is 0 Å². The van der Waals surface area contributed by atoms with Crippen LogP contribution in [0.25, 0.3) is 16.6 Å². The number of nitrogens with one attached hydrogen (secondary N) is 2. The molecule has 0 atom stereocenters. The van der Waals surface area contributed by atoms with Gasteiger partial charge in [0.25, 0.3) is 0 Å². The van der Waals surface area contributed by atoms with Crippen molar-refractivity contribution in [1.82, 2.24) is 25.6 Å². The van der Waals surface area contributed by atoms with E-state index in [9.17, 15) is 5.21 Å².